The molecule has 40 nitrogen and oxygen atoms in total. The molecule has 144 heavy (non-hydrogen) atoms. The summed E-state index contributed by atoms with van der Waals surface area (Å²) < 4.78 is 566. The van der Waals surface area contributed by atoms with E-state index < -0.39 is 445 Å². The van der Waals surface area contributed by atoms with E-state index in [1.807, 2.05) is 0 Å². The normalized spacial score (nSPS) is 47.0. The number of aromatic nitrogens is 20. The minimum atomic E-state index is -4.37. The Bertz CT molecular complexity index is 9660. The summed E-state index contributed by atoms with van der Waals surface area (Å²) in [6, 6.07) is -31.8. The van der Waals surface area contributed by atoms with Crippen LogP contribution in [0.5, 0.6) is 0 Å². The highest BCUT2D eigenvalue weighted by molar-refractivity contribution is 7.99. The van der Waals surface area contributed by atoms with Gasteiger partial charge in [-0.3, -0.25) is 0 Å². The van der Waals surface area contributed by atoms with Gasteiger partial charge in [-0.05, 0) is 148 Å². The topological polar surface area (TPSA) is 554 Å². The van der Waals surface area contributed by atoms with Crippen molar-refractivity contribution < 1.29 is 177 Å². The largest absolute Gasteiger partial charge is 0.394 e. The molecule has 0 amide bonds. The van der Waals surface area contributed by atoms with E-state index in [1.165, 1.54) is 6.92 Å². The predicted molar refractivity (Wildman–Crippen MR) is 530 cm³/mol. The highest BCUT2D eigenvalue weighted by Crippen LogP contribution is 2.50. The molecule has 12 aromatic rings. The molecule has 48 heteroatoms. The number of halogens is 4. The fourth-order valence-electron chi connectivity index (χ4n) is 12.9. The van der Waals surface area contributed by atoms with E-state index >= 15 is 0 Å². The van der Waals surface area contributed by atoms with Gasteiger partial charge in [-0.2, -0.15) is 0 Å². The molecule has 0 bridgehead atoms. The molecule has 776 valence electrons. The van der Waals surface area contributed by atoms with Crippen molar-refractivity contribution in [1.82, 2.24) is 99.8 Å². The van der Waals surface area contributed by atoms with Crippen LogP contribution < -0.4 is 21.3 Å². The molecule has 0 saturated heterocycles. The monoisotopic (exact) mass is 2130 g/mol. The van der Waals surface area contributed by atoms with Gasteiger partial charge in [-0.25, -0.2) is 76.2 Å². The van der Waals surface area contributed by atoms with Gasteiger partial charge in [0.25, 0.3) is 0 Å². The van der Waals surface area contributed by atoms with E-state index in [1.54, 1.807) is 20.8 Å². The van der Waals surface area contributed by atoms with Crippen LogP contribution in [0.3, 0.4) is 0 Å². The Kier molecular flexibility index (Phi) is 18.1. The highest BCUT2D eigenvalue weighted by Gasteiger charge is 2.51. The zero-order valence-corrected chi connectivity index (χ0v) is 78.9. The molecule has 8 saturated carbocycles. The van der Waals surface area contributed by atoms with Gasteiger partial charge < -0.3 is 101 Å². The van der Waals surface area contributed by atoms with E-state index in [0.717, 1.165) is 63.0 Å². The van der Waals surface area contributed by atoms with Crippen molar-refractivity contribution >= 4 is 115 Å². The summed E-state index contributed by atoms with van der Waals surface area (Å²) in [5.41, 5.74) is -11.5. The van der Waals surface area contributed by atoms with Crippen LogP contribution in [0.2, 0.25) is 0 Å². The molecule has 0 radical (unpaired) electrons. The number of aliphatic hydroxyl groups is 12. The predicted octanol–water partition coefficient (Wildman–Crippen LogP) is 8.73. The van der Waals surface area contributed by atoms with Crippen molar-refractivity contribution in [3.63, 3.8) is 0 Å². The fourth-order valence-corrected chi connectivity index (χ4v) is 15.6. The molecule has 8 aliphatic carbocycles. The second-order valence-electron chi connectivity index (χ2n) is 30.3. The first-order valence-corrected chi connectivity index (χ1v) is 46.6. The number of ether oxygens (including phenoxy) is 4. The summed E-state index contributed by atoms with van der Waals surface area (Å²) in [5, 5.41) is 166. The molecule has 8 aliphatic rings. The number of fused-ring (bicyclic) bond motifs is 4. The summed E-state index contributed by atoms with van der Waals surface area (Å²) in [7, 11) is 0. The number of thioether (sulfide) groups is 4. The second-order valence-corrected chi connectivity index (χ2v) is 34.3. The lowest BCUT2D eigenvalue weighted by Gasteiger charge is -2.17. The zero-order chi connectivity index (χ0) is 154. The number of nitrogens with zero attached hydrogens (tertiary/aromatic N) is 20. The average Bonchev–Trinajstić information content (AvgIpc) is 1.47. The van der Waals surface area contributed by atoms with Crippen molar-refractivity contribution in [1.29, 1.82) is 0 Å². The van der Waals surface area contributed by atoms with Gasteiger partial charge in [0.2, 0.25) is 0 Å². The molecule has 4 aromatic carbocycles. The molecular formula is C96H124F4N24O16S4. The van der Waals surface area contributed by atoms with Crippen LogP contribution in [0.15, 0.2) is 93.1 Å². The van der Waals surface area contributed by atoms with Gasteiger partial charge in [-0.15, -0.1) is 20.4 Å². The number of hydrogen-bond acceptors (Lipinski definition) is 40. The molecule has 0 spiro atoms. The van der Waals surface area contributed by atoms with Crippen molar-refractivity contribution in [2.24, 2.45) is 0 Å². The lowest BCUT2D eigenvalue weighted by atomic mass is 10.1. The van der Waals surface area contributed by atoms with E-state index in [0.29, 0.717) is 48.3 Å². The highest BCUT2D eigenvalue weighted by atomic mass is 32.2. The van der Waals surface area contributed by atoms with E-state index in [9.17, 15) is 78.8 Å². The van der Waals surface area contributed by atoms with Crippen molar-refractivity contribution in [3.05, 3.63) is 140 Å². The Balaban J connectivity index is 0.000000174. The SMILES string of the molecule is [2H]c1c([2H])c([C@@]2([2H])[C@H](Nc3nc(SC([2H])([2H])CC)nc4c3nnn4[C@]3([2H])C([2H])([2H])[C@]([2H])(OCCO)[C@@]([2H])(O)[C@@]3([2H])O)C2([2H])[2H])c([2H])c(F)c1C.[2H]c1c([2H])c([C@@]2([2H])[C@H](Nc3nc(SCCC)nc4c3nnn4[C@]3([2H])C([2H])([2H])[C@]([2H])(OC([2H])([2H])C([2H])([2H])O)[C@@]([2H])(O)[C@@]3([2H])O)C2([2H])[2H])c([2H])c(F)c1C.[2H]c1c([2H])c([C@@]2([2H])[C@H](Nc3nc(SCCC)nc4c3nnn4[C@]3([2H])C([2H])([2H])[C@]([2H])(OC([2H])([2H])CO)[C@@]([2H])(O)[C@@]3([2H])O)C2([2H])[2H])c([2H])c(F)c1C.[2H]c1c([2H])c([C@@]2([2H])[C@H](Nc3nc(SCCC)nc4c3nnn4[C@]3([2H])C([2H])([2H])[C@]([2H])(OCC([2H])([2H])O)[C@@]([2H])(O)[C@@]3([2H])O)C2([2H])[2H])c([2H])c(F)c1C. The van der Waals surface area contributed by atoms with Gasteiger partial charge in [-0.1, -0.05) is 144 Å². The van der Waals surface area contributed by atoms with Crippen LogP contribution in [-0.2, 0) is 18.9 Å². The Morgan fingerprint density at radius 2 is 0.639 bits per heavy atom. The van der Waals surface area contributed by atoms with Crippen LogP contribution in [0, 0.1) is 51.0 Å². The number of anilines is 4. The van der Waals surface area contributed by atoms with Crippen LogP contribution in [0.4, 0.5) is 40.8 Å². The molecule has 0 unspecified atom stereocenters. The van der Waals surface area contributed by atoms with E-state index in [-0.39, 0.29) is 62.9 Å². The fraction of sp³-hybridized carbons (Fsp3) is 0.583. The maximum Gasteiger partial charge on any atom is 0.191 e. The van der Waals surface area contributed by atoms with E-state index in [4.69, 9.17) is 93.7 Å². The first-order chi connectivity index (χ1) is 91.4. The van der Waals surface area contributed by atoms with Gasteiger partial charge in [0, 0.05) is 126 Å². The Morgan fingerprint density at radius 3 is 0.903 bits per heavy atom. The number of nitrogens with one attached hydrogen (secondary N) is 4. The summed E-state index contributed by atoms with van der Waals surface area (Å²) in [5.74, 6) is -16.1. The lowest BCUT2D eigenvalue weighted by molar-refractivity contribution is -0.0629. The summed E-state index contributed by atoms with van der Waals surface area (Å²) >= 11 is 3.26. The minimum absolute atomic E-state index is 0.0571. The minimum Gasteiger partial charge on any atom is -0.394 e. The Morgan fingerprint density at radius 1 is 0.361 bits per heavy atom. The standard InChI is InChI=1S/4C24H31FN6O4S/c4*1-3-8-36-24-27-22(26-16-10-14(16)13-5-4-12(2)15(25)9-13)19-23(28-24)31(30-29-19)17-11-18(35-7-6-32)21(34)20(17)33/h4*4-5,9,14,16-18,20-21,32-34H,3,6-8,10-11H2,1-2H3,(H,26,27,28)/t4*14-,16+,17+,18-,20-,21+/m0000/s1/i4D,5D,6D2,7D2,9D,10D2,11D2,14D,17D,18D,20D,21D;4D,5D,8D2,9D,10D2,11D2,14D,17D,18D,20D,21D;4D,5D,7D2,9D,10D2,11D2,14D,17D,18D,20D,21D;4D,5D,6D2,9D,10D2,11D2,14D,17D,18D,20D,21D. The number of aliphatic hydroxyl groups excluding tert-OH is 2. The van der Waals surface area contributed by atoms with Crippen molar-refractivity contribution in [3.8, 4) is 0 Å². The quantitative estimate of drug-likeness (QED) is 0.00969. The maximum absolute atomic E-state index is 14.9. The molecule has 8 aromatic heterocycles. The van der Waals surface area contributed by atoms with Crippen molar-refractivity contribution in [2.75, 3.05) is 96.9 Å². The summed E-state index contributed by atoms with van der Waals surface area (Å²) in [6.07, 6.45) is -73.7. The zero-order valence-electron chi connectivity index (χ0n) is 134. The van der Waals surface area contributed by atoms with Crippen LogP contribution >= 0.6 is 47.0 Å². The number of hydrogen-bond donors (Lipinski definition) is 16. The average molecular weight is 2130 g/mol. The van der Waals surface area contributed by atoms with Crippen LogP contribution in [0.1, 0.15) is 276 Å². The molecule has 16 N–H and O–H groups in total. The van der Waals surface area contributed by atoms with Crippen molar-refractivity contribution in [2.45, 2.75) is 297 Å². The van der Waals surface area contributed by atoms with E-state index in [2.05, 4.69) is 107 Å². The third-order valence-electron chi connectivity index (χ3n) is 20.2. The first-order valence-electron chi connectivity index (χ1n) is 71.8. The van der Waals surface area contributed by atoms with Gasteiger partial charge in [0.15, 0.2) is 88.6 Å². The van der Waals surface area contributed by atoms with Gasteiger partial charge >= 0.3 is 0 Å². The third kappa shape index (κ3) is 23.8. The summed E-state index contributed by atoms with van der Waals surface area (Å²) in [6.45, 7) is -8.04. The van der Waals surface area contributed by atoms with Crippen LogP contribution in [-0.4, -0.2) is 334 Å². The second kappa shape index (κ2) is 47.3. The van der Waals surface area contributed by atoms with Gasteiger partial charge in [0.1, 0.15) is 71.9 Å². The Hall–Kier alpha value is -9.52. The molecular weight excluding hydrogens is 1950 g/mol. The molecule has 20 rings (SSSR count). The number of rotatable bonds is 40. The smallest absolute Gasteiger partial charge is 0.191 e. The lowest BCUT2D eigenvalue weighted by Crippen LogP contribution is -2.33. The molecule has 0 aliphatic heterocycles. The molecule has 8 heterocycles. The maximum atomic E-state index is 14.9. The molecule has 8 fully saturated rings. The number of benzene rings is 4. The third-order valence-corrected chi connectivity index (χ3v) is 24.2. The summed E-state index contributed by atoms with van der Waals surface area (Å²) in [4.78, 5) is 33.6. The van der Waals surface area contributed by atoms with Gasteiger partial charge in [0.05, 0.1) is 150 Å². The first kappa shape index (κ1) is 55.1. The molecule has 24 atom stereocenters. The Labute approximate surface area is 925 Å². The van der Waals surface area contributed by atoms with Crippen LogP contribution in [0.25, 0.3) is 44.7 Å².